The van der Waals surface area contributed by atoms with Crippen LogP contribution in [0, 0.1) is 0 Å². The summed E-state index contributed by atoms with van der Waals surface area (Å²) in [6.07, 6.45) is -3.22. The highest BCUT2D eigenvalue weighted by atomic mass is 32.1. The van der Waals surface area contributed by atoms with Gasteiger partial charge in [-0.1, -0.05) is 18.2 Å². The molecular weight excluding hydrogens is 497 g/mol. The number of rotatable bonds is 8. The van der Waals surface area contributed by atoms with Crippen molar-refractivity contribution in [2.75, 3.05) is 5.32 Å². The maximum absolute atomic E-state index is 12.9. The molecule has 36 heavy (non-hydrogen) atoms. The number of alkyl halides is 3. The van der Waals surface area contributed by atoms with Crippen molar-refractivity contribution in [3.63, 3.8) is 0 Å². The van der Waals surface area contributed by atoms with Crippen LogP contribution in [0.15, 0.2) is 75.6 Å². The first-order valence-corrected chi connectivity index (χ1v) is 11.2. The van der Waals surface area contributed by atoms with Crippen molar-refractivity contribution < 1.29 is 32.3 Å². The van der Waals surface area contributed by atoms with Gasteiger partial charge in [0.15, 0.2) is 5.13 Å². The Balaban J connectivity index is 1.29. The minimum Gasteiger partial charge on any atom is -0.478 e. The van der Waals surface area contributed by atoms with Gasteiger partial charge in [-0.3, -0.25) is 4.79 Å². The van der Waals surface area contributed by atoms with Gasteiger partial charge in [0.05, 0.1) is 29.5 Å². The molecular formula is C24H17F3N4O4S. The number of carboxylic acid groups (broad SMARTS) is 1. The van der Waals surface area contributed by atoms with Gasteiger partial charge in [0.2, 0.25) is 5.91 Å². The third-order valence-electron chi connectivity index (χ3n) is 4.76. The standard InChI is InChI=1S/C24H17F3N4O4S/c25-24(26,27)16-2-1-3-17(10-16)29-23-30-18(13-36-23)11-21(32)31-28-12-19-8-9-20(35-19)14-4-6-15(7-5-14)22(33)34/h1-10,12-13H,11H2,(H,29,30)(H,31,32)(H,33,34)/b28-12-. The lowest BCUT2D eigenvalue weighted by Crippen LogP contribution is -2.19. The van der Waals surface area contributed by atoms with Crippen molar-refractivity contribution in [3.8, 4) is 11.3 Å². The molecule has 184 valence electrons. The Morgan fingerprint density at radius 1 is 1.11 bits per heavy atom. The first kappa shape index (κ1) is 24.7. The van der Waals surface area contributed by atoms with Gasteiger partial charge in [0.1, 0.15) is 11.5 Å². The molecule has 0 unspecified atom stereocenters. The van der Waals surface area contributed by atoms with E-state index in [0.717, 1.165) is 23.5 Å². The zero-order valence-corrected chi connectivity index (χ0v) is 19.1. The Morgan fingerprint density at radius 3 is 2.61 bits per heavy atom. The maximum Gasteiger partial charge on any atom is 0.416 e. The summed E-state index contributed by atoms with van der Waals surface area (Å²) in [5, 5.41) is 17.6. The number of hydrogen-bond donors (Lipinski definition) is 3. The number of carbonyl (C=O) groups is 2. The van der Waals surface area contributed by atoms with E-state index in [1.807, 2.05) is 0 Å². The molecule has 0 saturated carbocycles. The number of furan rings is 1. The molecule has 0 spiro atoms. The highest BCUT2D eigenvalue weighted by molar-refractivity contribution is 7.13. The summed E-state index contributed by atoms with van der Waals surface area (Å²) >= 11 is 1.15. The van der Waals surface area contributed by atoms with Crippen molar-refractivity contribution in [1.82, 2.24) is 10.4 Å². The van der Waals surface area contributed by atoms with Crippen LogP contribution < -0.4 is 10.7 Å². The second-order valence-electron chi connectivity index (χ2n) is 7.40. The normalized spacial score (nSPS) is 11.5. The largest absolute Gasteiger partial charge is 0.478 e. The van der Waals surface area contributed by atoms with Crippen molar-refractivity contribution in [2.24, 2.45) is 5.10 Å². The molecule has 2 heterocycles. The van der Waals surface area contributed by atoms with E-state index in [4.69, 9.17) is 9.52 Å². The fourth-order valence-corrected chi connectivity index (χ4v) is 3.80. The number of halogens is 3. The van der Waals surface area contributed by atoms with Gasteiger partial charge in [-0.15, -0.1) is 11.3 Å². The molecule has 0 atom stereocenters. The number of nitrogens with one attached hydrogen (secondary N) is 2. The fourth-order valence-electron chi connectivity index (χ4n) is 3.07. The van der Waals surface area contributed by atoms with Gasteiger partial charge in [-0.25, -0.2) is 15.2 Å². The summed E-state index contributed by atoms with van der Waals surface area (Å²) in [7, 11) is 0. The minimum absolute atomic E-state index is 0.0859. The van der Waals surface area contributed by atoms with Crippen molar-refractivity contribution in [1.29, 1.82) is 0 Å². The Labute approximate surface area is 206 Å². The van der Waals surface area contributed by atoms with E-state index in [0.29, 0.717) is 27.9 Å². The monoisotopic (exact) mass is 514 g/mol. The molecule has 4 aromatic rings. The number of aromatic nitrogens is 1. The number of hydrogen-bond acceptors (Lipinski definition) is 7. The van der Waals surface area contributed by atoms with Crippen LogP contribution in [0.4, 0.5) is 24.0 Å². The van der Waals surface area contributed by atoms with Gasteiger partial charge >= 0.3 is 12.1 Å². The second kappa shape index (κ2) is 10.4. The molecule has 4 rings (SSSR count). The summed E-state index contributed by atoms with van der Waals surface area (Å²) in [6, 6.07) is 14.2. The molecule has 2 aromatic heterocycles. The third kappa shape index (κ3) is 6.36. The topological polar surface area (TPSA) is 117 Å². The summed E-state index contributed by atoms with van der Waals surface area (Å²) in [5.41, 5.74) is 3.08. The fraction of sp³-hybridized carbons (Fsp3) is 0.0833. The van der Waals surface area contributed by atoms with E-state index < -0.39 is 23.6 Å². The zero-order valence-electron chi connectivity index (χ0n) is 18.2. The van der Waals surface area contributed by atoms with Gasteiger partial charge in [-0.2, -0.15) is 18.3 Å². The van der Waals surface area contributed by atoms with Crippen molar-refractivity contribution in [2.45, 2.75) is 12.6 Å². The smallest absolute Gasteiger partial charge is 0.416 e. The van der Waals surface area contributed by atoms with Crippen molar-refractivity contribution >= 4 is 40.2 Å². The Morgan fingerprint density at radius 2 is 1.89 bits per heavy atom. The molecule has 0 radical (unpaired) electrons. The third-order valence-corrected chi connectivity index (χ3v) is 5.57. The molecule has 2 aromatic carbocycles. The average Bonchev–Trinajstić information content (AvgIpc) is 3.48. The first-order chi connectivity index (χ1) is 17.2. The van der Waals surface area contributed by atoms with Crippen LogP contribution in [0.5, 0.6) is 0 Å². The predicted molar refractivity (Wildman–Crippen MR) is 127 cm³/mol. The maximum atomic E-state index is 12.9. The molecule has 3 N–H and O–H groups in total. The van der Waals surface area contributed by atoms with Crippen LogP contribution in [-0.4, -0.2) is 28.2 Å². The van der Waals surface area contributed by atoms with Crippen LogP contribution in [0.1, 0.15) is 27.4 Å². The molecule has 0 aliphatic heterocycles. The lowest BCUT2D eigenvalue weighted by Gasteiger charge is -2.08. The summed E-state index contributed by atoms with van der Waals surface area (Å²) in [5.74, 6) is -0.597. The van der Waals surface area contributed by atoms with Crippen LogP contribution in [-0.2, 0) is 17.4 Å². The van der Waals surface area contributed by atoms with Gasteiger partial charge in [-0.05, 0) is 42.5 Å². The van der Waals surface area contributed by atoms with Crippen LogP contribution >= 0.6 is 11.3 Å². The molecule has 0 saturated heterocycles. The number of hydrazone groups is 1. The molecule has 8 nitrogen and oxygen atoms in total. The van der Waals surface area contributed by atoms with E-state index in [1.54, 1.807) is 29.6 Å². The van der Waals surface area contributed by atoms with E-state index in [1.165, 1.54) is 30.5 Å². The number of benzene rings is 2. The highest BCUT2D eigenvalue weighted by Gasteiger charge is 2.30. The van der Waals surface area contributed by atoms with E-state index >= 15 is 0 Å². The number of aromatic carboxylic acids is 1. The molecule has 0 bridgehead atoms. The number of nitrogens with zero attached hydrogens (tertiary/aromatic N) is 2. The number of anilines is 2. The number of amides is 1. The molecule has 0 fully saturated rings. The number of carbonyl (C=O) groups excluding carboxylic acids is 1. The Bertz CT molecular complexity index is 1410. The van der Waals surface area contributed by atoms with Crippen molar-refractivity contribution in [3.05, 3.63) is 88.6 Å². The predicted octanol–water partition coefficient (Wildman–Crippen LogP) is 5.56. The average molecular weight is 514 g/mol. The minimum atomic E-state index is -4.45. The Kier molecular flexibility index (Phi) is 7.15. The van der Waals surface area contributed by atoms with E-state index in [-0.39, 0.29) is 17.7 Å². The molecule has 12 heteroatoms. The molecule has 0 aliphatic rings. The number of thiazole rings is 1. The summed E-state index contributed by atoms with van der Waals surface area (Å²) < 4.78 is 44.2. The van der Waals surface area contributed by atoms with E-state index in [9.17, 15) is 22.8 Å². The van der Waals surface area contributed by atoms with Gasteiger partial charge < -0.3 is 14.8 Å². The SMILES string of the molecule is O=C(Cc1csc(Nc2cccc(C(F)(F)F)c2)n1)N/N=C\c1ccc(-c2ccc(C(=O)O)cc2)o1. The van der Waals surface area contributed by atoms with Gasteiger partial charge in [0, 0.05) is 16.6 Å². The Hall–Kier alpha value is -4.45. The second-order valence-corrected chi connectivity index (χ2v) is 8.26. The first-order valence-electron chi connectivity index (χ1n) is 10.3. The van der Waals surface area contributed by atoms with Gasteiger partial charge in [0.25, 0.3) is 0 Å². The molecule has 0 aliphatic carbocycles. The van der Waals surface area contributed by atoms with E-state index in [2.05, 4.69) is 20.8 Å². The lowest BCUT2D eigenvalue weighted by atomic mass is 10.1. The number of carboxylic acids is 1. The highest BCUT2D eigenvalue weighted by Crippen LogP contribution is 2.32. The quantitative estimate of drug-likeness (QED) is 0.210. The zero-order chi connectivity index (χ0) is 25.7. The molecule has 1 amide bonds. The van der Waals surface area contributed by atoms with Crippen LogP contribution in [0.2, 0.25) is 0 Å². The van der Waals surface area contributed by atoms with Crippen LogP contribution in [0.25, 0.3) is 11.3 Å². The lowest BCUT2D eigenvalue weighted by molar-refractivity contribution is -0.137. The van der Waals surface area contributed by atoms with Crippen LogP contribution in [0.3, 0.4) is 0 Å². The summed E-state index contributed by atoms with van der Waals surface area (Å²) in [6.45, 7) is 0. The summed E-state index contributed by atoms with van der Waals surface area (Å²) in [4.78, 5) is 27.3.